The van der Waals surface area contributed by atoms with E-state index >= 15 is 0 Å². The first-order valence-electron chi connectivity index (χ1n) is 9.99. The summed E-state index contributed by atoms with van der Waals surface area (Å²) < 4.78 is 16.4. The number of hydrogen-bond donors (Lipinski definition) is 1. The Balaban J connectivity index is 3.19. The van der Waals surface area contributed by atoms with Gasteiger partial charge in [-0.3, -0.25) is 4.79 Å². The Morgan fingerprint density at radius 2 is 1.64 bits per heavy atom. The molecule has 0 radical (unpaired) electrons. The lowest BCUT2D eigenvalue weighted by Crippen LogP contribution is -2.47. The summed E-state index contributed by atoms with van der Waals surface area (Å²) in [5.74, 6) is 0.321. The van der Waals surface area contributed by atoms with Gasteiger partial charge in [0.15, 0.2) is 0 Å². The van der Waals surface area contributed by atoms with Crippen molar-refractivity contribution >= 4 is 17.6 Å². The third-order valence-corrected chi connectivity index (χ3v) is 4.31. The van der Waals surface area contributed by atoms with E-state index in [0.29, 0.717) is 42.7 Å². The third-order valence-electron chi connectivity index (χ3n) is 4.31. The van der Waals surface area contributed by atoms with E-state index in [1.165, 1.54) is 0 Å². The molecule has 0 bridgehead atoms. The molecular formula is C22H35NO5. The number of hydrogen-bond acceptors (Lipinski definition) is 5. The van der Waals surface area contributed by atoms with E-state index in [1.807, 2.05) is 6.92 Å². The minimum absolute atomic E-state index is 0.212. The predicted octanol–water partition coefficient (Wildman–Crippen LogP) is 4.68. The van der Waals surface area contributed by atoms with Crippen LogP contribution in [-0.4, -0.2) is 37.8 Å². The Morgan fingerprint density at radius 1 is 1.04 bits per heavy atom. The van der Waals surface area contributed by atoms with Crippen LogP contribution >= 0.6 is 0 Å². The maximum atomic E-state index is 13.2. The van der Waals surface area contributed by atoms with Crippen LogP contribution in [-0.2, 0) is 14.3 Å². The smallest absolute Gasteiger partial charge is 0.341 e. The largest absolute Gasteiger partial charge is 0.493 e. The molecule has 0 aliphatic rings. The molecule has 0 aliphatic carbocycles. The minimum atomic E-state index is -0.926. The molecule has 1 N–H and O–H groups in total. The zero-order valence-electron chi connectivity index (χ0n) is 18.3. The Labute approximate surface area is 168 Å². The molecule has 6 nitrogen and oxygen atoms in total. The zero-order chi connectivity index (χ0) is 21.3. The van der Waals surface area contributed by atoms with Crippen LogP contribution in [0.2, 0.25) is 0 Å². The summed E-state index contributed by atoms with van der Waals surface area (Å²) in [4.78, 5) is 25.5. The van der Waals surface area contributed by atoms with Gasteiger partial charge in [-0.15, -0.1) is 0 Å². The van der Waals surface area contributed by atoms with Crippen molar-refractivity contribution < 1.29 is 23.8 Å². The van der Waals surface area contributed by atoms with E-state index in [4.69, 9.17) is 14.2 Å². The molecule has 0 spiro atoms. The molecule has 0 heterocycles. The molecule has 0 aromatic heterocycles. The summed E-state index contributed by atoms with van der Waals surface area (Å²) >= 11 is 0. The van der Waals surface area contributed by atoms with Crippen LogP contribution in [0.15, 0.2) is 18.2 Å². The van der Waals surface area contributed by atoms with Crippen molar-refractivity contribution in [2.75, 3.05) is 25.6 Å². The lowest BCUT2D eigenvalue weighted by atomic mass is 9.84. The number of nitrogens with one attached hydrogen (secondary N) is 1. The van der Waals surface area contributed by atoms with Crippen molar-refractivity contribution in [1.82, 2.24) is 0 Å². The summed E-state index contributed by atoms with van der Waals surface area (Å²) in [6.07, 6.45) is 1.21. The fourth-order valence-electron chi connectivity index (χ4n) is 3.35. The van der Waals surface area contributed by atoms with Crippen LogP contribution in [0.3, 0.4) is 0 Å². The molecule has 0 saturated carbocycles. The van der Waals surface area contributed by atoms with Gasteiger partial charge in [0.25, 0.3) is 5.91 Å². The molecule has 6 heteroatoms. The van der Waals surface area contributed by atoms with Gasteiger partial charge in [-0.25, -0.2) is 4.79 Å². The van der Waals surface area contributed by atoms with E-state index in [-0.39, 0.29) is 18.1 Å². The number of rotatable bonds is 11. The number of ether oxygens (including phenoxy) is 3. The first-order chi connectivity index (χ1) is 13.2. The Kier molecular flexibility index (Phi) is 9.46. The second-order valence-electron chi connectivity index (χ2n) is 7.71. The summed E-state index contributed by atoms with van der Waals surface area (Å²) in [5.41, 5.74) is -0.131. The van der Waals surface area contributed by atoms with E-state index in [9.17, 15) is 9.59 Å². The molecule has 0 atom stereocenters. The molecule has 0 fully saturated rings. The van der Waals surface area contributed by atoms with Crippen LogP contribution in [0.1, 0.15) is 64.7 Å². The van der Waals surface area contributed by atoms with Gasteiger partial charge in [0.05, 0.1) is 13.2 Å². The fraction of sp³-hybridized carbons (Fsp3) is 0.636. The van der Waals surface area contributed by atoms with Crippen molar-refractivity contribution in [3.63, 3.8) is 0 Å². The van der Waals surface area contributed by atoms with Crippen LogP contribution in [0, 0.1) is 11.8 Å². The van der Waals surface area contributed by atoms with Crippen molar-refractivity contribution in [3.05, 3.63) is 23.8 Å². The molecule has 0 saturated heterocycles. The van der Waals surface area contributed by atoms with Crippen LogP contribution in [0.4, 0.5) is 5.69 Å². The van der Waals surface area contributed by atoms with Gasteiger partial charge in [-0.1, -0.05) is 27.7 Å². The quantitative estimate of drug-likeness (QED) is 0.553. The predicted molar refractivity (Wildman–Crippen MR) is 111 cm³/mol. The lowest BCUT2D eigenvalue weighted by molar-refractivity contribution is -0.142. The van der Waals surface area contributed by atoms with E-state index in [2.05, 4.69) is 33.0 Å². The highest BCUT2D eigenvalue weighted by Crippen LogP contribution is 2.31. The van der Waals surface area contributed by atoms with Gasteiger partial charge in [0.1, 0.15) is 16.9 Å². The summed E-state index contributed by atoms with van der Waals surface area (Å²) in [6.45, 7) is 12.5. The molecule has 158 valence electrons. The summed E-state index contributed by atoms with van der Waals surface area (Å²) in [7, 11) is 1.58. The normalized spacial score (nSPS) is 11.6. The van der Waals surface area contributed by atoms with Gasteiger partial charge in [0, 0.05) is 12.8 Å². The first-order valence-corrected chi connectivity index (χ1v) is 9.99. The second kappa shape index (κ2) is 11.1. The number of carbonyl (C=O) groups is 2. The SMILES string of the molecule is CCOC(=O)c1cc(NC(=O)C(CC(C)C)(CC(C)C)OC)ccc1OCC. The molecule has 1 amide bonds. The van der Waals surface area contributed by atoms with Gasteiger partial charge in [-0.2, -0.15) is 0 Å². The average Bonchev–Trinajstić information content (AvgIpc) is 2.61. The van der Waals surface area contributed by atoms with Gasteiger partial charge in [-0.05, 0) is 56.7 Å². The Hall–Kier alpha value is -2.08. The van der Waals surface area contributed by atoms with Crippen molar-refractivity contribution in [3.8, 4) is 5.75 Å². The first kappa shape index (κ1) is 24.0. The molecule has 28 heavy (non-hydrogen) atoms. The van der Waals surface area contributed by atoms with Gasteiger partial charge >= 0.3 is 5.97 Å². The Bertz CT molecular complexity index is 644. The Morgan fingerprint density at radius 3 is 2.11 bits per heavy atom. The number of benzene rings is 1. The number of methoxy groups -OCH3 is 1. The zero-order valence-corrected chi connectivity index (χ0v) is 18.3. The molecular weight excluding hydrogens is 358 g/mol. The summed E-state index contributed by atoms with van der Waals surface area (Å²) in [5, 5.41) is 2.92. The number of carbonyl (C=O) groups excluding carboxylic acids is 2. The summed E-state index contributed by atoms with van der Waals surface area (Å²) in [6, 6.07) is 4.98. The monoisotopic (exact) mass is 393 g/mol. The second-order valence-corrected chi connectivity index (χ2v) is 7.71. The highest BCUT2D eigenvalue weighted by Gasteiger charge is 2.39. The van der Waals surface area contributed by atoms with Crippen LogP contribution in [0.25, 0.3) is 0 Å². The van der Waals surface area contributed by atoms with Crippen molar-refractivity contribution in [2.45, 2.75) is 60.0 Å². The number of amides is 1. The third kappa shape index (κ3) is 6.51. The maximum absolute atomic E-state index is 13.2. The van der Waals surface area contributed by atoms with E-state index < -0.39 is 11.6 Å². The topological polar surface area (TPSA) is 73.9 Å². The molecule has 1 aromatic rings. The van der Waals surface area contributed by atoms with Gasteiger partial charge < -0.3 is 19.5 Å². The minimum Gasteiger partial charge on any atom is -0.493 e. The highest BCUT2D eigenvalue weighted by atomic mass is 16.5. The van der Waals surface area contributed by atoms with E-state index in [1.54, 1.807) is 32.2 Å². The van der Waals surface area contributed by atoms with Crippen molar-refractivity contribution in [1.29, 1.82) is 0 Å². The number of esters is 1. The maximum Gasteiger partial charge on any atom is 0.341 e. The molecule has 0 aliphatic heterocycles. The average molecular weight is 394 g/mol. The molecule has 0 unspecified atom stereocenters. The van der Waals surface area contributed by atoms with Crippen molar-refractivity contribution in [2.24, 2.45) is 11.8 Å². The van der Waals surface area contributed by atoms with E-state index in [0.717, 1.165) is 0 Å². The van der Waals surface area contributed by atoms with Crippen LogP contribution < -0.4 is 10.1 Å². The van der Waals surface area contributed by atoms with Crippen LogP contribution in [0.5, 0.6) is 5.75 Å². The molecule has 1 aromatic carbocycles. The highest BCUT2D eigenvalue weighted by molar-refractivity contribution is 5.99. The fourth-order valence-corrected chi connectivity index (χ4v) is 3.35. The lowest BCUT2D eigenvalue weighted by Gasteiger charge is -2.34. The molecule has 1 rings (SSSR count). The standard InChI is InChI=1S/C22H35NO5/c1-8-27-19-11-10-17(12-18(19)20(24)28-9-2)23-21(25)22(26-7,13-15(3)4)14-16(5)6/h10-12,15-16H,8-9,13-14H2,1-7H3,(H,23,25). The van der Waals surface area contributed by atoms with Gasteiger partial charge in [0.2, 0.25) is 0 Å². The number of anilines is 1.